The van der Waals surface area contributed by atoms with Gasteiger partial charge in [0.15, 0.2) is 0 Å². The summed E-state index contributed by atoms with van der Waals surface area (Å²) in [5.74, 6) is 1.72. The predicted molar refractivity (Wildman–Crippen MR) is 115 cm³/mol. The zero-order valence-electron chi connectivity index (χ0n) is 16.7. The average Bonchev–Trinajstić information content (AvgIpc) is 3.44. The number of anilines is 2. The van der Waals surface area contributed by atoms with Crippen LogP contribution < -0.4 is 5.32 Å². The fourth-order valence-electron chi connectivity index (χ4n) is 3.55. The molecule has 10 nitrogen and oxygen atoms in total. The molecule has 2 aromatic carbocycles. The molecule has 0 bridgehead atoms. The number of aliphatic hydroxyl groups excluding tert-OH is 1. The summed E-state index contributed by atoms with van der Waals surface area (Å²) in [7, 11) is 0. The Balaban J connectivity index is 1.57. The maximum absolute atomic E-state index is 9.52. The summed E-state index contributed by atoms with van der Waals surface area (Å²) in [5.41, 5.74) is 5.34. The Bertz CT molecular complexity index is 1310. The molecule has 0 unspecified atom stereocenters. The van der Waals surface area contributed by atoms with E-state index in [4.69, 9.17) is 4.98 Å². The molecule has 3 heterocycles. The molecule has 0 aliphatic heterocycles. The Hall–Kier alpha value is -4.18. The summed E-state index contributed by atoms with van der Waals surface area (Å²) in [4.78, 5) is 13.5. The highest BCUT2D eigenvalue weighted by Gasteiger charge is 2.15. The molecule has 3 aromatic heterocycles. The van der Waals surface area contributed by atoms with Crippen molar-refractivity contribution in [2.24, 2.45) is 0 Å². The van der Waals surface area contributed by atoms with Crippen molar-refractivity contribution < 1.29 is 5.11 Å². The van der Waals surface area contributed by atoms with Gasteiger partial charge < -0.3 is 15.0 Å². The maximum atomic E-state index is 9.52. The van der Waals surface area contributed by atoms with Crippen molar-refractivity contribution in [2.75, 3.05) is 11.9 Å². The lowest BCUT2D eigenvalue weighted by atomic mass is 10.0. The van der Waals surface area contributed by atoms with E-state index in [2.05, 4.69) is 48.0 Å². The van der Waals surface area contributed by atoms with E-state index in [1.807, 2.05) is 41.8 Å². The van der Waals surface area contributed by atoms with Crippen molar-refractivity contribution in [1.82, 2.24) is 40.1 Å². The highest BCUT2D eigenvalue weighted by molar-refractivity contribution is 5.96. The van der Waals surface area contributed by atoms with E-state index >= 15 is 0 Å². The fourth-order valence-corrected chi connectivity index (χ4v) is 3.55. The number of benzene rings is 2. The minimum Gasteiger partial charge on any atom is -0.395 e. The molecule has 0 atom stereocenters. The fraction of sp³-hybridized carbons (Fsp3) is 0.143. The van der Waals surface area contributed by atoms with Crippen LogP contribution in [0.25, 0.3) is 33.5 Å². The number of nitrogens with one attached hydrogen (secondary N) is 2. The monoisotopic (exact) mass is 413 g/mol. The molecule has 0 aliphatic rings. The second kappa shape index (κ2) is 7.92. The topological polar surface area (TPSA) is 130 Å². The zero-order valence-corrected chi connectivity index (χ0v) is 16.7. The quantitative estimate of drug-likeness (QED) is 0.387. The Labute approximate surface area is 177 Å². The molecular weight excluding hydrogens is 394 g/mol. The van der Waals surface area contributed by atoms with Gasteiger partial charge in [0.2, 0.25) is 11.8 Å². The van der Waals surface area contributed by atoms with Crippen molar-refractivity contribution >= 4 is 22.7 Å². The molecule has 0 fully saturated rings. The van der Waals surface area contributed by atoms with Gasteiger partial charge in [-0.2, -0.15) is 5.21 Å². The predicted octanol–water partition coefficient (Wildman–Crippen LogP) is 2.72. The molecule has 10 heteroatoms. The minimum absolute atomic E-state index is 0.0330. The van der Waals surface area contributed by atoms with E-state index < -0.39 is 0 Å². The number of tetrazole rings is 1. The van der Waals surface area contributed by atoms with Gasteiger partial charge in [-0.3, -0.25) is 0 Å². The zero-order chi connectivity index (χ0) is 21.2. The molecule has 0 spiro atoms. The van der Waals surface area contributed by atoms with Gasteiger partial charge in [-0.25, -0.2) is 15.0 Å². The summed E-state index contributed by atoms with van der Waals surface area (Å²) < 4.78 is 2.01. The first-order valence-electron chi connectivity index (χ1n) is 9.73. The van der Waals surface area contributed by atoms with Gasteiger partial charge in [0, 0.05) is 30.2 Å². The molecule has 5 rings (SSSR count). The van der Waals surface area contributed by atoms with Gasteiger partial charge in [0.05, 0.1) is 23.2 Å². The Morgan fingerprint density at radius 3 is 2.58 bits per heavy atom. The maximum Gasteiger partial charge on any atom is 0.227 e. The van der Waals surface area contributed by atoms with Crippen LogP contribution in [-0.4, -0.2) is 51.9 Å². The van der Waals surface area contributed by atoms with Crippen LogP contribution in [0, 0.1) is 6.92 Å². The third kappa shape index (κ3) is 3.60. The number of aryl methyl sites for hydroxylation is 1. The Morgan fingerprint density at radius 1 is 1.06 bits per heavy atom. The van der Waals surface area contributed by atoms with Crippen molar-refractivity contribution in [1.29, 1.82) is 0 Å². The number of aromatic nitrogens is 8. The number of H-pyrrole nitrogens is 1. The standard InChI is InChI=1S/C21H19N9O/c1-13-24-19-17(14-5-3-2-4-6-14)9-16(10-18(19)30(13)7-8-31)25-21-22-11-15(12-23-21)20-26-28-29-27-20/h2-6,9-12,31H,7-8H2,1H3,(H,22,23,25)(H,26,27,28,29). The molecule has 0 aliphatic carbocycles. The Morgan fingerprint density at radius 2 is 1.87 bits per heavy atom. The number of aromatic amines is 1. The van der Waals surface area contributed by atoms with Crippen LogP contribution in [0.3, 0.4) is 0 Å². The molecule has 0 amide bonds. The lowest BCUT2D eigenvalue weighted by Crippen LogP contribution is -2.04. The summed E-state index contributed by atoms with van der Waals surface area (Å²) in [6.45, 7) is 2.44. The summed E-state index contributed by atoms with van der Waals surface area (Å²) in [6, 6.07) is 14.1. The molecule has 0 saturated heterocycles. The van der Waals surface area contributed by atoms with Gasteiger partial charge in [-0.15, -0.1) is 10.2 Å². The number of nitrogens with zero attached hydrogens (tertiary/aromatic N) is 7. The van der Waals surface area contributed by atoms with E-state index in [9.17, 15) is 5.11 Å². The second-order valence-electron chi connectivity index (χ2n) is 6.95. The number of hydrogen-bond acceptors (Lipinski definition) is 8. The number of imidazole rings is 1. The number of rotatable bonds is 6. The minimum atomic E-state index is 0.0330. The Kier molecular flexibility index (Phi) is 4.81. The first-order valence-corrected chi connectivity index (χ1v) is 9.73. The van der Waals surface area contributed by atoms with Crippen molar-refractivity contribution in [3.05, 3.63) is 60.7 Å². The molecule has 154 valence electrons. The lowest BCUT2D eigenvalue weighted by molar-refractivity contribution is 0.276. The van der Waals surface area contributed by atoms with Gasteiger partial charge in [-0.05, 0) is 29.8 Å². The van der Waals surface area contributed by atoms with Crippen LogP contribution in [0.4, 0.5) is 11.6 Å². The highest BCUT2D eigenvalue weighted by Crippen LogP contribution is 2.33. The molecule has 5 aromatic rings. The number of fused-ring (bicyclic) bond motifs is 1. The normalized spacial score (nSPS) is 11.2. The summed E-state index contributed by atoms with van der Waals surface area (Å²) >= 11 is 0. The van der Waals surface area contributed by atoms with Gasteiger partial charge in [0.25, 0.3) is 0 Å². The van der Waals surface area contributed by atoms with Gasteiger partial charge in [0.1, 0.15) is 5.82 Å². The highest BCUT2D eigenvalue weighted by atomic mass is 16.3. The number of aliphatic hydroxyl groups is 1. The SMILES string of the molecule is Cc1nc2c(-c3ccccc3)cc(Nc3ncc(-c4nn[nH]n4)cn3)cc2n1CCO. The average molecular weight is 413 g/mol. The van der Waals surface area contributed by atoms with Crippen LogP contribution in [-0.2, 0) is 6.54 Å². The van der Waals surface area contributed by atoms with Gasteiger partial charge >= 0.3 is 0 Å². The third-order valence-corrected chi connectivity index (χ3v) is 4.96. The van der Waals surface area contributed by atoms with Crippen LogP contribution in [0.2, 0.25) is 0 Å². The number of hydrogen-bond donors (Lipinski definition) is 3. The molecule has 3 N–H and O–H groups in total. The van der Waals surface area contributed by atoms with Crippen LogP contribution in [0.15, 0.2) is 54.9 Å². The summed E-state index contributed by atoms with van der Waals surface area (Å²) in [6.07, 6.45) is 3.27. The molecule has 0 saturated carbocycles. The van der Waals surface area contributed by atoms with Gasteiger partial charge in [-0.1, -0.05) is 30.3 Å². The van der Waals surface area contributed by atoms with Crippen molar-refractivity contribution in [3.63, 3.8) is 0 Å². The molecule has 31 heavy (non-hydrogen) atoms. The molecular formula is C21H19N9O. The van der Waals surface area contributed by atoms with E-state index in [1.54, 1.807) is 12.4 Å². The molecule has 0 radical (unpaired) electrons. The largest absolute Gasteiger partial charge is 0.395 e. The van der Waals surface area contributed by atoms with Crippen LogP contribution in [0.1, 0.15) is 5.82 Å². The van der Waals surface area contributed by atoms with E-state index in [1.165, 1.54) is 0 Å². The van der Waals surface area contributed by atoms with E-state index in [-0.39, 0.29) is 6.61 Å². The first-order chi connectivity index (χ1) is 15.2. The summed E-state index contributed by atoms with van der Waals surface area (Å²) in [5, 5.41) is 26.6. The van der Waals surface area contributed by atoms with E-state index in [0.717, 1.165) is 33.7 Å². The van der Waals surface area contributed by atoms with Crippen LogP contribution >= 0.6 is 0 Å². The second-order valence-corrected chi connectivity index (χ2v) is 6.95. The third-order valence-electron chi connectivity index (χ3n) is 4.96. The van der Waals surface area contributed by atoms with Crippen molar-refractivity contribution in [3.8, 4) is 22.5 Å². The first kappa shape index (κ1) is 18.8. The van der Waals surface area contributed by atoms with E-state index in [0.29, 0.717) is 23.9 Å². The lowest BCUT2D eigenvalue weighted by Gasteiger charge is -2.11. The smallest absolute Gasteiger partial charge is 0.227 e. The van der Waals surface area contributed by atoms with Crippen molar-refractivity contribution in [2.45, 2.75) is 13.5 Å². The van der Waals surface area contributed by atoms with Crippen LogP contribution in [0.5, 0.6) is 0 Å².